The van der Waals surface area contributed by atoms with Crippen molar-refractivity contribution in [2.45, 2.75) is 11.8 Å². The average molecular weight is 434 g/mol. The van der Waals surface area contributed by atoms with E-state index in [1.54, 1.807) is 36.1 Å². The summed E-state index contributed by atoms with van der Waals surface area (Å²) in [5.41, 5.74) is 0.848. The molecule has 0 unspecified atom stereocenters. The van der Waals surface area contributed by atoms with Crippen molar-refractivity contribution in [1.29, 1.82) is 0 Å². The van der Waals surface area contributed by atoms with Gasteiger partial charge in [0.1, 0.15) is 5.82 Å². The molecule has 29 heavy (non-hydrogen) atoms. The van der Waals surface area contributed by atoms with E-state index in [4.69, 9.17) is 0 Å². The van der Waals surface area contributed by atoms with Gasteiger partial charge in [-0.3, -0.25) is 4.79 Å². The summed E-state index contributed by atoms with van der Waals surface area (Å²) in [5.74, 6) is -0.641. The summed E-state index contributed by atoms with van der Waals surface area (Å²) in [5, 5.41) is 0.798. The number of aromatic nitrogens is 1. The van der Waals surface area contributed by atoms with Gasteiger partial charge in [-0.25, -0.2) is 17.8 Å². The van der Waals surface area contributed by atoms with Gasteiger partial charge in [0.2, 0.25) is 0 Å². The Hall–Kier alpha value is -2.52. The van der Waals surface area contributed by atoms with Crippen molar-refractivity contribution in [2.75, 3.05) is 36.8 Å². The zero-order valence-corrected chi connectivity index (χ0v) is 17.5. The maximum atomic E-state index is 13.4. The van der Waals surface area contributed by atoms with Crippen LogP contribution in [0.4, 0.5) is 9.52 Å². The molecule has 152 valence electrons. The predicted molar refractivity (Wildman–Crippen MR) is 112 cm³/mol. The number of rotatable bonds is 4. The zero-order valence-electron chi connectivity index (χ0n) is 15.8. The van der Waals surface area contributed by atoms with Gasteiger partial charge < -0.3 is 9.80 Å². The molecule has 1 fully saturated rings. The first-order chi connectivity index (χ1) is 13.9. The van der Waals surface area contributed by atoms with E-state index in [1.807, 2.05) is 0 Å². The summed E-state index contributed by atoms with van der Waals surface area (Å²) >= 11 is 1.49. The fourth-order valence-corrected chi connectivity index (χ4v) is 5.45. The zero-order chi connectivity index (χ0) is 20.6. The molecule has 1 aliphatic rings. The Morgan fingerprint density at radius 3 is 2.59 bits per heavy atom. The van der Waals surface area contributed by atoms with Crippen LogP contribution in [0.5, 0.6) is 0 Å². The highest BCUT2D eigenvalue weighted by Crippen LogP contribution is 2.30. The number of carbonyl (C=O) groups is 1. The van der Waals surface area contributed by atoms with E-state index in [0.717, 1.165) is 9.83 Å². The van der Waals surface area contributed by atoms with Crippen LogP contribution in [-0.2, 0) is 9.84 Å². The van der Waals surface area contributed by atoms with Crippen molar-refractivity contribution in [1.82, 2.24) is 9.88 Å². The molecule has 2 heterocycles. The van der Waals surface area contributed by atoms with Gasteiger partial charge in [-0.05, 0) is 24.3 Å². The van der Waals surface area contributed by atoms with E-state index in [-0.39, 0.29) is 27.9 Å². The minimum Gasteiger partial charge on any atom is -0.345 e. The summed E-state index contributed by atoms with van der Waals surface area (Å²) in [6.45, 7) is 3.65. The monoisotopic (exact) mass is 433 g/mol. The van der Waals surface area contributed by atoms with Crippen LogP contribution in [0.25, 0.3) is 10.2 Å². The smallest absolute Gasteiger partial charge is 0.255 e. The second-order valence-electron chi connectivity index (χ2n) is 6.79. The quantitative estimate of drug-likeness (QED) is 0.632. The molecule has 0 saturated carbocycles. The number of anilines is 1. The highest BCUT2D eigenvalue weighted by molar-refractivity contribution is 7.91. The molecule has 6 nitrogen and oxygen atoms in total. The Morgan fingerprint density at radius 2 is 1.86 bits per heavy atom. The lowest BCUT2D eigenvalue weighted by molar-refractivity contribution is 0.0743. The standard InChI is InChI=1S/C20H20FN3O3S2/c1-2-29(26,27)18-6-4-3-5-15(18)19(25)23-9-11-24(12-10-23)20-22-16-13-14(21)7-8-17(16)28-20/h3-8,13H,2,9-12H2,1H3. The number of piperazine rings is 1. The highest BCUT2D eigenvalue weighted by Gasteiger charge is 2.27. The third-order valence-corrected chi connectivity index (χ3v) is 7.89. The molecule has 1 aliphatic heterocycles. The minimum atomic E-state index is -3.48. The molecule has 1 amide bonds. The molecule has 2 aromatic carbocycles. The average Bonchev–Trinajstić information content (AvgIpc) is 3.16. The van der Waals surface area contributed by atoms with Crippen molar-refractivity contribution in [2.24, 2.45) is 0 Å². The number of hydrogen-bond donors (Lipinski definition) is 0. The fraction of sp³-hybridized carbons (Fsp3) is 0.300. The van der Waals surface area contributed by atoms with Crippen LogP contribution in [0.15, 0.2) is 47.4 Å². The SMILES string of the molecule is CCS(=O)(=O)c1ccccc1C(=O)N1CCN(c2nc3cc(F)ccc3s2)CC1. The first kappa shape index (κ1) is 19.8. The molecule has 0 radical (unpaired) electrons. The van der Waals surface area contributed by atoms with Gasteiger partial charge in [0.05, 0.1) is 26.4 Å². The molecule has 1 aromatic heterocycles. The van der Waals surface area contributed by atoms with Crippen molar-refractivity contribution in [3.63, 3.8) is 0 Å². The van der Waals surface area contributed by atoms with Gasteiger partial charge in [-0.2, -0.15) is 0 Å². The van der Waals surface area contributed by atoms with Crippen LogP contribution in [0.1, 0.15) is 17.3 Å². The topological polar surface area (TPSA) is 70.6 Å². The first-order valence-electron chi connectivity index (χ1n) is 9.31. The van der Waals surface area contributed by atoms with E-state index >= 15 is 0 Å². The summed E-state index contributed by atoms with van der Waals surface area (Å²) in [7, 11) is -3.48. The lowest BCUT2D eigenvalue weighted by Gasteiger charge is -2.34. The minimum absolute atomic E-state index is 0.0523. The van der Waals surface area contributed by atoms with E-state index < -0.39 is 9.84 Å². The van der Waals surface area contributed by atoms with Gasteiger partial charge in [0.25, 0.3) is 5.91 Å². The molecule has 3 aromatic rings. The third-order valence-electron chi connectivity index (χ3n) is 5.01. The number of amides is 1. The number of sulfone groups is 1. The van der Waals surface area contributed by atoms with E-state index in [0.29, 0.717) is 31.7 Å². The molecule has 0 aliphatic carbocycles. The summed E-state index contributed by atoms with van der Waals surface area (Å²) in [6.07, 6.45) is 0. The fourth-order valence-electron chi connectivity index (χ4n) is 3.36. The lowest BCUT2D eigenvalue weighted by atomic mass is 10.2. The predicted octanol–water partition coefficient (Wildman–Crippen LogP) is 3.19. The van der Waals surface area contributed by atoms with Crippen molar-refractivity contribution >= 4 is 42.4 Å². The number of carbonyl (C=O) groups excluding carboxylic acids is 1. The van der Waals surface area contributed by atoms with Gasteiger partial charge >= 0.3 is 0 Å². The second-order valence-corrected chi connectivity index (χ2v) is 10.0. The Kier molecular flexibility index (Phi) is 5.26. The molecule has 0 spiro atoms. The van der Waals surface area contributed by atoms with Gasteiger partial charge in [0, 0.05) is 32.2 Å². The Morgan fingerprint density at radius 1 is 1.14 bits per heavy atom. The van der Waals surface area contributed by atoms with E-state index in [9.17, 15) is 17.6 Å². The van der Waals surface area contributed by atoms with Gasteiger partial charge in [-0.1, -0.05) is 30.4 Å². The van der Waals surface area contributed by atoms with Crippen molar-refractivity contribution in [3.8, 4) is 0 Å². The van der Waals surface area contributed by atoms with Crippen LogP contribution in [0.3, 0.4) is 0 Å². The summed E-state index contributed by atoms with van der Waals surface area (Å²) in [4.78, 5) is 21.3. The number of hydrogen-bond acceptors (Lipinski definition) is 6. The summed E-state index contributed by atoms with van der Waals surface area (Å²) < 4.78 is 39.0. The molecular formula is C20H20FN3O3S2. The Labute approximate surface area is 172 Å². The lowest BCUT2D eigenvalue weighted by Crippen LogP contribution is -2.49. The number of benzene rings is 2. The van der Waals surface area contributed by atoms with E-state index in [2.05, 4.69) is 9.88 Å². The first-order valence-corrected chi connectivity index (χ1v) is 11.8. The Balaban J connectivity index is 1.50. The van der Waals surface area contributed by atoms with Gasteiger partial charge in [-0.15, -0.1) is 0 Å². The number of thiazole rings is 1. The maximum absolute atomic E-state index is 13.4. The molecular weight excluding hydrogens is 413 g/mol. The van der Waals surface area contributed by atoms with Crippen molar-refractivity contribution in [3.05, 3.63) is 53.8 Å². The summed E-state index contributed by atoms with van der Waals surface area (Å²) in [6, 6.07) is 10.9. The molecule has 1 saturated heterocycles. The van der Waals surface area contributed by atoms with Crippen LogP contribution in [-0.4, -0.2) is 56.1 Å². The van der Waals surface area contributed by atoms with Crippen LogP contribution in [0, 0.1) is 5.82 Å². The van der Waals surface area contributed by atoms with Crippen LogP contribution < -0.4 is 4.90 Å². The molecule has 4 rings (SSSR count). The maximum Gasteiger partial charge on any atom is 0.255 e. The molecule has 0 N–H and O–H groups in total. The third kappa shape index (κ3) is 3.84. The molecule has 0 bridgehead atoms. The molecule has 9 heteroatoms. The second kappa shape index (κ2) is 7.72. The highest BCUT2D eigenvalue weighted by atomic mass is 32.2. The largest absolute Gasteiger partial charge is 0.345 e. The molecule has 0 atom stereocenters. The number of nitrogens with zero attached hydrogens (tertiary/aromatic N) is 3. The Bertz CT molecular complexity index is 1170. The van der Waals surface area contributed by atoms with Gasteiger partial charge in [0.15, 0.2) is 15.0 Å². The number of fused-ring (bicyclic) bond motifs is 1. The van der Waals surface area contributed by atoms with Crippen LogP contribution >= 0.6 is 11.3 Å². The normalized spacial score (nSPS) is 15.1. The van der Waals surface area contributed by atoms with E-state index in [1.165, 1.54) is 29.5 Å². The number of halogens is 1. The van der Waals surface area contributed by atoms with Crippen LogP contribution in [0.2, 0.25) is 0 Å². The van der Waals surface area contributed by atoms with Crippen molar-refractivity contribution < 1.29 is 17.6 Å².